The van der Waals surface area contributed by atoms with Gasteiger partial charge >= 0.3 is 6.09 Å². The molecule has 9 heteroatoms. The van der Waals surface area contributed by atoms with Gasteiger partial charge in [-0.15, -0.1) is 0 Å². The third-order valence-electron chi connectivity index (χ3n) is 4.12. The third-order valence-corrected chi connectivity index (χ3v) is 4.12. The van der Waals surface area contributed by atoms with Gasteiger partial charge in [0.05, 0.1) is 18.6 Å². The second-order valence-corrected chi connectivity index (χ2v) is 5.82. The first-order chi connectivity index (χ1) is 12.7. The quantitative estimate of drug-likeness (QED) is 0.742. The van der Waals surface area contributed by atoms with Crippen LogP contribution in [-0.4, -0.2) is 32.4 Å². The Hall–Kier alpha value is -3.36. The van der Waals surface area contributed by atoms with Gasteiger partial charge in [-0.25, -0.2) is 9.78 Å². The third kappa shape index (κ3) is 2.87. The molecule has 0 atom stereocenters. The van der Waals surface area contributed by atoms with Crippen LogP contribution in [-0.2, 0) is 17.6 Å². The number of ether oxygens (including phenoxy) is 1. The highest BCUT2D eigenvalue weighted by Gasteiger charge is 2.21. The molecule has 0 saturated carbocycles. The van der Waals surface area contributed by atoms with Crippen LogP contribution in [0.1, 0.15) is 24.6 Å². The molecule has 9 nitrogen and oxygen atoms in total. The number of anilines is 1. The van der Waals surface area contributed by atoms with E-state index in [-0.39, 0.29) is 18.1 Å². The van der Waals surface area contributed by atoms with Crippen molar-refractivity contribution in [3.05, 3.63) is 46.1 Å². The first kappa shape index (κ1) is 16.1. The van der Waals surface area contributed by atoms with Crippen molar-refractivity contribution < 1.29 is 13.9 Å². The Balaban J connectivity index is 1.80. The van der Waals surface area contributed by atoms with E-state index in [0.29, 0.717) is 22.8 Å². The van der Waals surface area contributed by atoms with Crippen LogP contribution in [0.2, 0.25) is 0 Å². The molecule has 0 aliphatic heterocycles. The highest BCUT2D eigenvalue weighted by molar-refractivity contribution is 5.84. The molecule has 0 unspecified atom stereocenters. The normalized spacial score (nSPS) is 12.8. The molecule has 1 amide bonds. The van der Waals surface area contributed by atoms with Crippen LogP contribution in [0.15, 0.2) is 33.7 Å². The molecule has 3 aromatic rings. The molecule has 0 bridgehead atoms. The zero-order chi connectivity index (χ0) is 18.1. The summed E-state index contributed by atoms with van der Waals surface area (Å²) in [6.45, 7) is 1.95. The second-order valence-electron chi connectivity index (χ2n) is 5.82. The number of aromatic amines is 1. The zero-order valence-electron chi connectivity index (χ0n) is 14.1. The minimum Gasteiger partial charge on any atom is -0.463 e. The van der Waals surface area contributed by atoms with E-state index in [1.54, 1.807) is 25.1 Å². The topological polar surface area (TPSA) is 115 Å². The van der Waals surface area contributed by atoms with Crippen molar-refractivity contribution in [1.82, 2.24) is 19.7 Å². The van der Waals surface area contributed by atoms with E-state index in [4.69, 9.17) is 9.15 Å². The molecule has 3 aromatic heterocycles. The molecule has 134 valence electrons. The van der Waals surface area contributed by atoms with Gasteiger partial charge in [0.1, 0.15) is 11.5 Å². The predicted octanol–water partition coefficient (Wildman–Crippen LogP) is 2.27. The van der Waals surface area contributed by atoms with E-state index >= 15 is 0 Å². The molecule has 0 fully saturated rings. The monoisotopic (exact) mass is 355 g/mol. The fraction of sp³-hybridized carbons (Fsp3) is 0.294. The summed E-state index contributed by atoms with van der Waals surface area (Å²) < 4.78 is 11.7. The van der Waals surface area contributed by atoms with E-state index in [9.17, 15) is 9.59 Å². The van der Waals surface area contributed by atoms with Gasteiger partial charge < -0.3 is 9.15 Å². The lowest BCUT2D eigenvalue weighted by Crippen LogP contribution is -2.21. The van der Waals surface area contributed by atoms with E-state index < -0.39 is 6.09 Å². The van der Waals surface area contributed by atoms with Gasteiger partial charge in [-0.1, -0.05) is 0 Å². The number of rotatable bonds is 4. The second kappa shape index (κ2) is 6.51. The van der Waals surface area contributed by atoms with Crippen LogP contribution >= 0.6 is 0 Å². The number of nitrogens with one attached hydrogen (secondary N) is 2. The van der Waals surface area contributed by atoms with Crippen molar-refractivity contribution in [2.24, 2.45) is 0 Å². The maximum absolute atomic E-state index is 12.3. The van der Waals surface area contributed by atoms with Gasteiger partial charge in [0.15, 0.2) is 5.76 Å². The maximum Gasteiger partial charge on any atom is 0.412 e. The largest absolute Gasteiger partial charge is 0.463 e. The van der Waals surface area contributed by atoms with E-state index in [0.717, 1.165) is 25.0 Å². The number of furan rings is 1. The number of carbonyl (C=O) groups excluding carboxylic acids is 1. The molecule has 4 rings (SSSR count). The van der Waals surface area contributed by atoms with Crippen molar-refractivity contribution in [2.45, 2.75) is 26.2 Å². The smallest absolute Gasteiger partial charge is 0.412 e. The average Bonchev–Trinajstić information content (AvgIpc) is 3.35. The Morgan fingerprint density at radius 2 is 2.35 bits per heavy atom. The number of hydrogen-bond acceptors (Lipinski definition) is 6. The molecule has 0 spiro atoms. The number of aromatic nitrogens is 4. The van der Waals surface area contributed by atoms with Gasteiger partial charge in [0.25, 0.3) is 5.56 Å². The lowest BCUT2D eigenvalue weighted by atomic mass is 10.3. The summed E-state index contributed by atoms with van der Waals surface area (Å²) >= 11 is 0. The summed E-state index contributed by atoms with van der Waals surface area (Å²) in [5.74, 6) is 1.08. The summed E-state index contributed by atoms with van der Waals surface area (Å²) in [7, 11) is 0. The predicted molar refractivity (Wildman–Crippen MR) is 92.4 cm³/mol. The van der Waals surface area contributed by atoms with Crippen molar-refractivity contribution in [3.8, 4) is 17.4 Å². The first-order valence-corrected chi connectivity index (χ1v) is 8.36. The van der Waals surface area contributed by atoms with E-state index in [2.05, 4.69) is 20.4 Å². The summed E-state index contributed by atoms with van der Waals surface area (Å²) in [5.41, 5.74) is 1.79. The van der Waals surface area contributed by atoms with Crippen molar-refractivity contribution in [3.63, 3.8) is 0 Å². The molecule has 3 heterocycles. The molecule has 1 aliphatic carbocycles. The molecule has 0 aromatic carbocycles. The first-order valence-electron chi connectivity index (χ1n) is 8.36. The van der Waals surface area contributed by atoms with Crippen LogP contribution in [0.3, 0.4) is 0 Å². The van der Waals surface area contributed by atoms with Crippen molar-refractivity contribution in [2.75, 3.05) is 11.9 Å². The molecule has 2 N–H and O–H groups in total. The Labute approximate surface area is 148 Å². The fourth-order valence-corrected chi connectivity index (χ4v) is 2.98. The number of nitrogens with zero attached hydrogens (tertiary/aromatic N) is 3. The highest BCUT2D eigenvalue weighted by atomic mass is 16.5. The highest BCUT2D eigenvalue weighted by Crippen LogP contribution is 2.25. The Kier molecular flexibility index (Phi) is 4.04. The molecule has 26 heavy (non-hydrogen) atoms. The van der Waals surface area contributed by atoms with Crippen molar-refractivity contribution >= 4 is 11.9 Å². The van der Waals surface area contributed by atoms with Gasteiger partial charge in [-0.3, -0.25) is 15.1 Å². The number of hydrogen-bond donors (Lipinski definition) is 2. The Morgan fingerprint density at radius 3 is 3.12 bits per heavy atom. The Morgan fingerprint density at radius 1 is 1.46 bits per heavy atom. The standard InChI is InChI=1S/C17H17N5O4/c1-2-25-17(24)19-14-9-12(13-7-4-8-26-13)21-22(14)16-18-11-6-3-5-10(11)15(23)20-16/h4,7-9H,2-3,5-6H2,1H3,(H,19,24)(H,18,20,23). The van der Waals surface area contributed by atoms with Gasteiger partial charge in [0.2, 0.25) is 5.95 Å². The Bertz CT molecular complexity index is 1000. The average molecular weight is 355 g/mol. The SMILES string of the molecule is CCOC(=O)Nc1cc(-c2ccco2)nn1-c1nc2c(c(=O)[nH]1)CCC2. The molecule has 0 radical (unpaired) electrons. The summed E-state index contributed by atoms with van der Waals surface area (Å²) in [6.07, 6.45) is 3.28. The van der Waals surface area contributed by atoms with Crippen LogP contribution in [0.4, 0.5) is 10.6 Å². The number of H-pyrrole nitrogens is 1. The van der Waals surface area contributed by atoms with E-state index in [1.165, 1.54) is 10.9 Å². The fourth-order valence-electron chi connectivity index (χ4n) is 2.98. The summed E-state index contributed by atoms with van der Waals surface area (Å²) in [4.78, 5) is 31.4. The molecular formula is C17H17N5O4. The van der Waals surface area contributed by atoms with Crippen molar-refractivity contribution in [1.29, 1.82) is 0 Å². The number of fused-ring (bicyclic) bond motifs is 1. The van der Waals surface area contributed by atoms with Crippen LogP contribution in [0.25, 0.3) is 17.4 Å². The number of amides is 1. The van der Waals surface area contributed by atoms with Crippen LogP contribution in [0, 0.1) is 0 Å². The number of carbonyl (C=O) groups is 1. The summed E-state index contributed by atoms with van der Waals surface area (Å²) in [6, 6.07) is 5.12. The van der Waals surface area contributed by atoms with Gasteiger partial charge in [-0.2, -0.15) is 9.78 Å². The van der Waals surface area contributed by atoms with Gasteiger partial charge in [0, 0.05) is 11.6 Å². The van der Waals surface area contributed by atoms with Crippen LogP contribution in [0.5, 0.6) is 0 Å². The van der Waals surface area contributed by atoms with Crippen LogP contribution < -0.4 is 10.9 Å². The summed E-state index contributed by atoms with van der Waals surface area (Å²) in [5, 5.41) is 7.04. The zero-order valence-corrected chi connectivity index (χ0v) is 14.1. The maximum atomic E-state index is 12.3. The van der Waals surface area contributed by atoms with Gasteiger partial charge in [-0.05, 0) is 38.3 Å². The lowest BCUT2D eigenvalue weighted by molar-refractivity contribution is 0.167. The molecule has 1 aliphatic rings. The minimum atomic E-state index is -0.622. The minimum absolute atomic E-state index is 0.181. The lowest BCUT2D eigenvalue weighted by Gasteiger charge is -2.09. The molecule has 0 saturated heterocycles. The van der Waals surface area contributed by atoms with E-state index in [1.807, 2.05) is 0 Å². The molecular weight excluding hydrogens is 338 g/mol. The number of aryl methyl sites for hydroxylation is 1.